The summed E-state index contributed by atoms with van der Waals surface area (Å²) in [4.78, 5) is 28.7. The summed E-state index contributed by atoms with van der Waals surface area (Å²) >= 11 is 0. The van der Waals surface area contributed by atoms with E-state index in [9.17, 15) is 19.8 Å². The number of phenols is 1. The van der Waals surface area contributed by atoms with Crippen molar-refractivity contribution in [3.8, 4) is 5.75 Å². The first-order chi connectivity index (χ1) is 13.8. The van der Waals surface area contributed by atoms with Crippen LogP contribution >= 0.6 is 0 Å². The van der Waals surface area contributed by atoms with Gasteiger partial charge in [0.2, 0.25) is 5.91 Å². The van der Waals surface area contributed by atoms with Crippen LogP contribution in [-0.2, 0) is 16.0 Å². The number of benzene rings is 1. The second-order valence-electron chi connectivity index (χ2n) is 8.83. The molecule has 0 aliphatic carbocycles. The third kappa shape index (κ3) is 4.92. The van der Waals surface area contributed by atoms with Crippen molar-refractivity contribution in [1.82, 2.24) is 9.80 Å². The number of aryl methyl sites for hydroxylation is 2. The highest BCUT2D eigenvalue weighted by atomic mass is 16.4. The Hall–Kier alpha value is -2.08. The molecule has 6 heteroatoms. The van der Waals surface area contributed by atoms with Gasteiger partial charge in [-0.2, -0.15) is 0 Å². The fraction of sp³-hybridized carbons (Fsp3) is 0.652. The number of carbonyl (C=O) groups is 2. The Morgan fingerprint density at radius 1 is 1.07 bits per heavy atom. The van der Waals surface area contributed by atoms with Crippen molar-refractivity contribution in [2.24, 2.45) is 5.92 Å². The summed E-state index contributed by atoms with van der Waals surface area (Å²) in [7, 11) is 0. The number of phenolic OH excluding ortho intramolecular Hbond substituents is 1. The number of aromatic hydroxyl groups is 1. The normalized spacial score (nSPS) is 22.4. The molecule has 160 valence electrons. The Morgan fingerprint density at radius 2 is 1.69 bits per heavy atom. The van der Waals surface area contributed by atoms with Gasteiger partial charge < -0.3 is 15.1 Å². The molecule has 0 radical (unpaired) electrons. The molecule has 2 N–H and O–H groups in total. The van der Waals surface area contributed by atoms with Crippen molar-refractivity contribution < 1.29 is 19.8 Å². The van der Waals surface area contributed by atoms with Crippen LogP contribution in [0.25, 0.3) is 0 Å². The lowest BCUT2D eigenvalue weighted by Gasteiger charge is -2.43. The highest BCUT2D eigenvalue weighted by molar-refractivity contribution is 5.79. The van der Waals surface area contributed by atoms with Crippen molar-refractivity contribution in [3.63, 3.8) is 0 Å². The Labute approximate surface area is 173 Å². The van der Waals surface area contributed by atoms with E-state index in [-0.39, 0.29) is 23.9 Å². The van der Waals surface area contributed by atoms with Gasteiger partial charge in [0.1, 0.15) is 11.8 Å². The average Bonchev–Trinajstić information content (AvgIpc) is 2.71. The van der Waals surface area contributed by atoms with Gasteiger partial charge in [0.15, 0.2) is 0 Å². The molecular weight excluding hydrogens is 368 g/mol. The second-order valence-corrected chi connectivity index (χ2v) is 8.83. The zero-order chi connectivity index (χ0) is 21.1. The second kappa shape index (κ2) is 9.16. The Bertz CT molecular complexity index is 732. The molecule has 0 spiro atoms. The predicted molar refractivity (Wildman–Crippen MR) is 112 cm³/mol. The van der Waals surface area contributed by atoms with Crippen molar-refractivity contribution in [2.75, 3.05) is 19.6 Å². The van der Waals surface area contributed by atoms with Crippen LogP contribution in [0.15, 0.2) is 12.1 Å². The molecular formula is C23H34N2O4. The van der Waals surface area contributed by atoms with Gasteiger partial charge in [0.25, 0.3) is 0 Å². The number of carboxylic acids is 1. The summed E-state index contributed by atoms with van der Waals surface area (Å²) < 4.78 is 0. The molecule has 0 unspecified atom stereocenters. The summed E-state index contributed by atoms with van der Waals surface area (Å²) in [6.45, 7) is 7.99. The predicted octanol–water partition coefficient (Wildman–Crippen LogP) is 3.12. The molecule has 1 aromatic carbocycles. The van der Waals surface area contributed by atoms with E-state index in [1.165, 1.54) is 0 Å². The zero-order valence-electron chi connectivity index (χ0n) is 17.9. The molecule has 2 aliphatic heterocycles. The maximum Gasteiger partial charge on any atom is 0.320 e. The van der Waals surface area contributed by atoms with E-state index in [4.69, 9.17) is 0 Å². The van der Waals surface area contributed by atoms with Crippen LogP contribution in [0.1, 0.15) is 55.7 Å². The maximum absolute atomic E-state index is 13.0. The van der Waals surface area contributed by atoms with Crippen LogP contribution in [0.2, 0.25) is 0 Å². The number of carbonyl (C=O) groups excluding carboxylic acids is 1. The van der Waals surface area contributed by atoms with Crippen molar-refractivity contribution in [2.45, 2.75) is 71.4 Å². The number of hydrogen-bond acceptors (Lipinski definition) is 4. The number of carboxylic acid groups (broad SMARTS) is 1. The van der Waals surface area contributed by atoms with Gasteiger partial charge in [-0.15, -0.1) is 0 Å². The number of rotatable bonds is 5. The molecule has 29 heavy (non-hydrogen) atoms. The van der Waals surface area contributed by atoms with E-state index in [0.29, 0.717) is 25.3 Å². The number of piperidine rings is 2. The molecule has 2 heterocycles. The van der Waals surface area contributed by atoms with Gasteiger partial charge in [-0.1, -0.05) is 25.5 Å². The van der Waals surface area contributed by atoms with Crippen molar-refractivity contribution in [1.29, 1.82) is 0 Å². The van der Waals surface area contributed by atoms with Gasteiger partial charge in [0, 0.05) is 25.0 Å². The number of aliphatic carboxylic acids is 1. The first-order valence-electron chi connectivity index (χ1n) is 10.8. The Morgan fingerprint density at radius 3 is 2.28 bits per heavy atom. The lowest BCUT2D eigenvalue weighted by atomic mass is 9.93. The molecule has 0 saturated carbocycles. The van der Waals surface area contributed by atoms with E-state index in [2.05, 4.69) is 4.90 Å². The van der Waals surface area contributed by atoms with E-state index in [1.54, 1.807) is 0 Å². The number of hydrogen-bond donors (Lipinski definition) is 2. The third-order valence-electron chi connectivity index (χ3n) is 6.59. The van der Waals surface area contributed by atoms with Crippen LogP contribution in [0.3, 0.4) is 0 Å². The Balaban J connectivity index is 1.56. The van der Waals surface area contributed by atoms with E-state index in [0.717, 1.165) is 55.3 Å². The van der Waals surface area contributed by atoms with Crippen LogP contribution in [-0.4, -0.2) is 63.6 Å². The first kappa shape index (κ1) is 21.6. The molecule has 0 bridgehead atoms. The topological polar surface area (TPSA) is 81.1 Å². The standard InChI is InChI=1S/C23H34N2O4/c1-15-12-18(13-16(2)21(15)26)14-17(3)22(27)24-10-7-19(8-11-24)25-9-5-4-6-20(25)23(28)29/h12-13,17,19-20,26H,4-11,14H2,1-3H3,(H,28,29)/t17-,20+/m1/s1. The van der Waals surface area contributed by atoms with Crippen LogP contribution in [0.4, 0.5) is 0 Å². The van der Waals surface area contributed by atoms with E-state index >= 15 is 0 Å². The largest absolute Gasteiger partial charge is 0.507 e. The zero-order valence-corrected chi connectivity index (χ0v) is 17.9. The molecule has 2 atom stereocenters. The van der Waals surface area contributed by atoms with Crippen molar-refractivity contribution in [3.05, 3.63) is 28.8 Å². The van der Waals surface area contributed by atoms with Crippen LogP contribution in [0.5, 0.6) is 5.75 Å². The summed E-state index contributed by atoms with van der Waals surface area (Å²) in [5.74, 6) is -0.333. The molecule has 3 rings (SSSR count). The fourth-order valence-electron chi connectivity index (χ4n) is 4.99. The summed E-state index contributed by atoms with van der Waals surface area (Å²) in [6, 6.07) is 3.82. The van der Waals surface area contributed by atoms with Crippen LogP contribution in [0, 0.1) is 19.8 Å². The molecule has 1 aromatic rings. The molecule has 2 saturated heterocycles. The summed E-state index contributed by atoms with van der Waals surface area (Å²) in [5, 5.41) is 19.5. The highest BCUT2D eigenvalue weighted by Gasteiger charge is 2.36. The summed E-state index contributed by atoms with van der Waals surface area (Å²) in [5.41, 5.74) is 2.76. The molecule has 6 nitrogen and oxygen atoms in total. The monoisotopic (exact) mass is 402 g/mol. The average molecular weight is 403 g/mol. The van der Waals surface area contributed by atoms with E-state index in [1.807, 2.05) is 37.8 Å². The van der Waals surface area contributed by atoms with Crippen LogP contribution < -0.4 is 0 Å². The molecule has 1 amide bonds. The molecule has 0 aromatic heterocycles. The number of likely N-dealkylation sites (tertiary alicyclic amines) is 2. The van der Waals surface area contributed by atoms with Gasteiger partial charge >= 0.3 is 5.97 Å². The lowest BCUT2D eigenvalue weighted by Crippen LogP contribution is -2.54. The minimum atomic E-state index is -0.712. The smallest absolute Gasteiger partial charge is 0.320 e. The minimum Gasteiger partial charge on any atom is -0.507 e. The third-order valence-corrected chi connectivity index (χ3v) is 6.59. The number of nitrogens with zero attached hydrogens (tertiary/aromatic N) is 2. The SMILES string of the molecule is Cc1cc(C[C@@H](C)C(=O)N2CCC(N3CCCC[C@H]3C(=O)O)CC2)cc(C)c1O. The lowest BCUT2D eigenvalue weighted by molar-refractivity contribution is -0.147. The van der Waals surface area contributed by atoms with Gasteiger partial charge in [0.05, 0.1) is 0 Å². The van der Waals surface area contributed by atoms with Gasteiger partial charge in [-0.05, 0) is 69.2 Å². The van der Waals surface area contributed by atoms with E-state index < -0.39 is 5.97 Å². The Kier molecular flexibility index (Phi) is 6.83. The fourth-order valence-corrected chi connectivity index (χ4v) is 4.99. The molecule has 2 fully saturated rings. The van der Waals surface area contributed by atoms with Gasteiger partial charge in [-0.3, -0.25) is 14.5 Å². The van der Waals surface area contributed by atoms with Crippen molar-refractivity contribution >= 4 is 11.9 Å². The first-order valence-corrected chi connectivity index (χ1v) is 10.8. The van der Waals surface area contributed by atoms with Gasteiger partial charge in [-0.25, -0.2) is 0 Å². The maximum atomic E-state index is 13.0. The quantitative estimate of drug-likeness (QED) is 0.791. The minimum absolute atomic E-state index is 0.114. The molecule has 2 aliphatic rings. The number of amides is 1. The highest BCUT2D eigenvalue weighted by Crippen LogP contribution is 2.27. The summed E-state index contributed by atoms with van der Waals surface area (Å²) in [6.07, 6.45) is 5.13.